The molecule has 0 saturated heterocycles. The van der Waals surface area contributed by atoms with Gasteiger partial charge in [-0.05, 0) is 41.5 Å². The Hall–Kier alpha value is -0.980. The van der Waals surface area contributed by atoms with E-state index in [4.69, 9.17) is 4.74 Å². The van der Waals surface area contributed by atoms with E-state index in [1.807, 2.05) is 0 Å². The Morgan fingerprint density at radius 2 is 1.60 bits per heavy atom. The first-order valence-electron chi connectivity index (χ1n) is 5.66. The molecule has 1 heteroatoms. The van der Waals surface area contributed by atoms with Crippen LogP contribution in [0.3, 0.4) is 0 Å². The van der Waals surface area contributed by atoms with Crippen molar-refractivity contribution in [1.29, 1.82) is 0 Å². The van der Waals surface area contributed by atoms with Crippen molar-refractivity contribution in [3.8, 4) is 5.75 Å². The summed E-state index contributed by atoms with van der Waals surface area (Å²) in [4.78, 5) is 0. The van der Waals surface area contributed by atoms with Gasteiger partial charge in [0.25, 0.3) is 0 Å². The van der Waals surface area contributed by atoms with E-state index in [-0.39, 0.29) is 0 Å². The molecule has 0 bridgehead atoms. The van der Waals surface area contributed by atoms with Crippen LogP contribution in [-0.4, -0.2) is 7.11 Å². The summed E-state index contributed by atoms with van der Waals surface area (Å²) in [5, 5.41) is 0. The van der Waals surface area contributed by atoms with Crippen molar-refractivity contribution in [2.45, 2.75) is 46.5 Å². The summed E-state index contributed by atoms with van der Waals surface area (Å²) in [5.41, 5.74) is 4.19. The maximum atomic E-state index is 5.37. The molecule has 0 radical (unpaired) electrons. The van der Waals surface area contributed by atoms with Crippen molar-refractivity contribution >= 4 is 0 Å². The van der Waals surface area contributed by atoms with E-state index < -0.39 is 0 Å². The molecule has 0 aromatic heterocycles. The summed E-state index contributed by atoms with van der Waals surface area (Å²) in [6.07, 6.45) is 0. The third-order valence-electron chi connectivity index (χ3n) is 2.92. The van der Waals surface area contributed by atoms with Gasteiger partial charge < -0.3 is 4.74 Å². The molecule has 0 fully saturated rings. The Kier molecular flexibility index (Phi) is 3.78. The van der Waals surface area contributed by atoms with Gasteiger partial charge in [0.2, 0.25) is 0 Å². The molecule has 0 amide bonds. The van der Waals surface area contributed by atoms with Crippen LogP contribution in [0.2, 0.25) is 0 Å². The van der Waals surface area contributed by atoms with Gasteiger partial charge >= 0.3 is 0 Å². The Bertz CT molecular complexity index is 337. The number of hydrogen-bond donors (Lipinski definition) is 0. The summed E-state index contributed by atoms with van der Waals surface area (Å²) >= 11 is 0. The number of rotatable bonds is 3. The second-order valence-electron chi connectivity index (χ2n) is 4.71. The standard InChI is InChI=1S/C14H22O/c1-9(2)12-7-8-13(15-6)11(5)14(12)10(3)4/h7-10H,1-6H3. The van der Waals surface area contributed by atoms with Gasteiger partial charge in [-0.25, -0.2) is 0 Å². The average Bonchev–Trinajstić information content (AvgIpc) is 2.16. The Labute approximate surface area is 93.5 Å². The first-order chi connectivity index (χ1) is 6.99. The Morgan fingerprint density at radius 1 is 1.00 bits per heavy atom. The molecule has 1 nitrogen and oxygen atoms in total. The molecular weight excluding hydrogens is 184 g/mol. The van der Waals surface area contributed by atoms with E-state index in [0.29, 0.717) is 11.8 Å². The minimum Gasteiger partial charge on any atom is -0.496 e. The normalized spacial score (nSPS) is 11.2. The number of methoxy groups -OCH3 is 1. The van der Waals surface area contributed by atoms with E-state index in [1.54, 1.807) is 7.11 Å². The van der Waals surface area contributed by atoms with Crippen LogP contribution in [0, 0.1) is 6.92 Å². The molecule has 0 unspecified atom stereocenters. The predicted molar refractivity (Wildman–Crippen MR) is 65.9 cm³/mol. The van der Waals surface area contributed by atoms with Crippen LogP contribution < -0.4 is 4.74 Å². The molecule has 15 heavy (non-hydrogen) atoms. The zero-order valence-electron chi connectivity index (χ0n) is 10.7. The fraction of sp³-hybridized carbons (Fsp3) is 0.571. The maximum absolute atomic E-state index is 5.37. The first kappa shape index (κ1) is 12.1. The minimum absolute atomic E-state index is 0.553. The molecule has 0 heterocycles. The fourth-order valence-corrected chi connectivity index (χ4v) is 2.22. The molecule has 0 aliphatic rings. The molecule has 0 saturated carbocycles. The summed E-state index contributed by atoms with van der Waals surface area (Å²) in [6, 6.07) is 4.28. The van der Waals surface area contributed by atoms with Crippen molar-refractivity contribution in [1.82, 2.24) is 0 Å². The van der Waals surface area contributed by atoms with Gasteiger partial charge in [0.15, 0.2) is 0 Å². The second kappa shape index (κ2) is 4.69. The lowest BCUT2D eigenvalue weighted by molar-refractivity contribution is 0.410. The van der Waals surface area contributed by atoms with E-state index in [0.717, 1.165) is 5.75 Å². The third kappa shape index (κ3) is 2.34. The lowest BCUT2D eigenvalue weighted by Crippen LogP contribution is -2.03. The summed E-state index contributed by atoms with van der Waals surface area (Å²) in [7, 11) is 1.74. The monoisotopic (exact) mass is 206 g/mol. The van der Waals surface area contributed by atoms with Gasteiger partial charge in [0, 0.05) is 0 Å². The van der Waals surface area contributed by atoms with Gasteiger partial charge in [-0.1, -0.05) is 33.8 Å². The largest absolute Gasteiger partial charge is 0.496 e. The molecule has 0 atom stereocenters. The van der Waals surface area contributed by atoms with Gasteiger partial charge in [-0.3, -0.25) is 0 Å². The number of ether oxygens (including phenoxy) is 1. The Morgan fingerprint density at radius 3 is 2.00 bits per heavy atom. The van der Waals surface area contributed by atoms with E-state index >= 15 is 0 Å². The van der Waals surface area contributed by atoms with Gasteiger partial charge in [-0.2, -0.15) is 0 Å². The number of benzene rings is 1. The van der Waals surface area contributed by atoms with Crippen molar-refractivity contribution in [3.05, 3.63) is 28.8 Å². The highest BCUT2D eigenvalue weighted by atomic mass is 16.5. The van der Waals surface area contributed by atoms with Crippen LogP contribution in [0.4, 0.5) is 0 Å². The van der Waals surface area contributed by atoms with Crippen molar-refractivity contribution in [2.75, 3.05) is 7.11 Å². The maximum Gasteiger partial charge on any atom is 0.122 e. The summed E-state index contributed by atoms with van der Waals surface area (Å²) in [6.45, 7) is 11.1. The van der Waals surface area contributed by atoms with Crippen LogP contribution in [0.25, 0.3) is 0 Å². The zero-order valence-corrected chi connectivity index (χ0v) is 10.7. The summed E-state index contributed by atoms with van der Waals surface area (Å²) < 4.78 is 5.37. The highest BCUT2D eigenvalue weighted by Gasteiger charge is 2.15. The van der Waals surface area contributed by atoms with Crippen molar-refractivity contribution in [2.24, 2.45) is 0 Å². The molecule has 1 aromatic rings. The second-order valence-corrected chi connectivity index (χ2v) is 4.71. The molecule has 0 spiro atoms. The van der Waals surface area contributed by atoms with Gasteiger partial charge in [-0.15, -0.1) is 0 Å². The smallest absolute Gasteiger partial charge is 0.122 e. The molecule has 1 aromatic carbocycles. The molecule has 84 valence electrons. The van der Waals surface area contributed by atoms with E-state index in [9.17, 15) is 0 Å². The van der Waals surface area contributed by atoms with Crippen LogP contribution in [0.15, 0.2) is 12.1 Å². The van der Waals surface area contributed by atoms with Crippen molar-refractivity contribution < 1.29 is 4.74 Å². The fourth-order valence-electron chi connectivity index (χ4n) is 2.22. The van der Waals surface area contributed by atoms with Gasteiger partial charge in [0.1, 0.15) is 5.75 Å². The predicted octanol–water partition coefficient (Wildman–Crippen LogP) is 4.25. The SMILES string of the molecule is COc1ccc(C(C)C)c(C(C)C)c1C. The van der Waals surface area contributed by atoms with E-state index in [1.165, 1.54) is 16.7 Å². The minimum atomic E-state index is 0.553. The molecule has 0 aliphatic carbocycles. The molecular formula is C14H22O. The van der Waals surface area contributed by atoms with Crippen LogP contribution in [-0.2, 0) is 0 Å². The molecule has 0 N–H and O–H groups in total. The highest BCUT2D eigenvalue weighted by molar-refractivity contribution is 5.47. The van der Waals surface area contributed by atoms with Crippen LogP contribution in [0.1, 0.15) is 56.2 Å². The Balaban J connectivity index is 3.37. The first-order valence-corrected chi connectivity index (χ1v) is 5.66. The van der Waals surface area contributed by atoms with Crippen LogP contribution >= 0.6 is 0 Å². The summed E-state index contributed by atoms with van der Waals surface area (Å²) in [5.74, 6) is 2.13. The van der Waals surface area contributed by atoms with Crippen molar-refractivity contribution in [3.63, 3.8) is 0 Å². The van der Waals surface area contributed by atoms with Gasteiger partial charge in [0.05, 0.1) is 7.11 Å². The molecule has 1 rings (SSSR count). The topological polar surface area (TPSA) is 9.23 Å². The molecule has 0 aliphatic heterocycles. The lowest BCUT2D eigenvalue weighted by atomic mass is 9.87. The average molecular weight is 206 g/mol. The lowest BCUT2D eigenvalue weighted by Gasteiger charge is -2.20. The van der Waals surface area contributed by atoms with Crippen LogP contribution in [0.5, 0.6) is 5.75 Å². The van der Waals surface area contributed by atoms with E-state index in [2.05, 4.69) is 46.8 Å². The quantitative estimate of drug-likeness (QED) is 0.718. The zero-order chi connectivity index (χ0) is 11.6. The highest BCUT2D eigenvalue weighted by Crippen LogP contribution is 2.33. The number of hydrogen-bond acceptors (Lipinski definition) is 1. The third-order valence-corrected chi connectivity index (χ3v) is 2.92.